The highest BCUT2D eigenvalue weighted by Crippen LogP contribution is 2.40. The Morgan fingerprint density at radius 3 is 2.66 bits per heavy atom. The molecule has 3 heterocycles. The molecule has 2 N–H and O–H groups in total. The number of benzene rings is 1. The van der Waals surface area contributed by atoms with Gasteiger partial charge in [-0.15, -0.1) is 0 Å². The number of hydrogen-bond acceptors (Lipinski definition) is 5. The van der Waals surface area contributed by atoms with Gasteiger partial charge in [-0.1, -0.05) is 30.3 Å². The van der Waals surface area contributed by atoms with Crippen LogP contribution in [0.5, 0.6) is 5.75 Å². The molecule has 7 heteroatoms. The molecule has 1 amide bonds. The topological polar surface area (TPSA) is 89.1 Å². The Morgan fingerprint density at radius 2 is 1.88 bits per heavy atom. The van der Waals surface area contributed by atoms with E-state index in [-0.39, 0.29) is 6.61 Å². The molecule has 3 aromatic heterocycles. The lowest BCUT2D eigenvalue weighted by atomic mass is 10.0. The third-order valence-corrected chi connectivity index (χ3v) is 4.70. The lowest BCUT2D eigenvalue weighted by Crippen LogP contribution is -2.34. The number of amides is 1. The fourth-order valence-corrected chi connectivity index (χ4v) is 3.44. The van der Waals surface area contributed by atoms with Gasteiger partial charge in [0.1, 0.15) is 18.0 Å². The summed E-state index contributed by atoms with van der Waals surface area (Å²) in [5.74, 6) is 0.613. The smallest absolute Gasteiger partial charge is 0.407 e. The van der Waals surface area contributed by atoms with E-state index in [0.29, 0.717) is 12.3 Å². The number of H-pyrrole nitrogens is 1. The Kier molecular flexibility index (Phi) is 6.07. The van der Waals surface area contributed by atoms with Crippen molar-refractivity contribution in [3.63, 3.8) is 0 Å². The van der Waals surface area contributed by atoms with Crippen molar-refractivity contribution in [3.8, 4) is 28.1 Å². The van der Waals surface area contributed by atoms with Crippen LogP contribution < -0.4 is 10.1 Å². The van der Waals surface area contributed by atoms with E-state index in [1.165, 1.54) is 0 Å². The van der Waals surface area contributed by atoms with Gasteiger partial charge in [0.25, 0.3) is 0 Å². The number of carbonyl (C=O) groups is 1. The molecule has 0 unspecified atom stereocenters. The van der Waals surface area contributed by atoms with E-state index in [0.717, 1.165) is 33.4 Å². The van der Waals surface area contributed by atoms with Crippen molar-refractivity contribution >= 4 is 17.1 Å². The molecule has 32 heavy (non-hydrogen) atoms. The minimum absolute atomic E-state index is 0.275. The van der Waals surface area contributed by atoms with Gasteiger partial charge in [-0.2, -0.15) is 0 Å². The van der Waals surface area contributed by atoms with Crippen molar-refractivity contribution < 1.29 is 14.3 Å². The zero-order valence-electron chi connectivity index (χ0n) is 18.4. The highest BCUT2D eigenvalue weighted by atomic mass is 16.6. The van der Waals surface area contributed by atoms with E-state index in [1.807, 2.05) is 57.2 Å². The summed E-state index contributed by atoms with van der Waals surface area (Å²) in [5.41, 5.74) is 5.13. The molecule has 0 atom stereocenters. The number of ether oxygens (including phenoxy) is 2. The molecule has 0 aliphatic heterocycles. The van der Waals surface area contributed by atoms with Gasteiger partial charge in [-0.3, -0.25) is 9.97 Å². The standard InChI is InChI=1S/C25H26N4O3/c1-25(2,3)32-24(30)28-14-15-31-20-16-26-13-11-18(20)22-21(17-8-5-4-6-9-17)23-19(29-22)10-7-12-27-23/h4-13,16,29H,14-15H2,1-3H3,(H,28,30). The lowest BCUT2D eigenvalue weighted by molar-refractivity contribution is 0.0520. The van der Waals surface area contributed by atoms with E-state index < -0.39 is 11.7 Å². The molecule has 0 saturated carbocycles. The third kappa shape index (κ3) is 4.88. The van der Waals surface area contributed by atoms with Crippen LogP contribution in [0.15, 0.2) is 67.1 Å². The highest BCUT2D eigenvalue weighted by Gasteiger charge is 2.19. The molecule has 7 nitrogen and oxygen atoms in total. The van der Waals surface area contributed by atoms with Crippen molar-refractivity contribution in [2.45, 2.75) is 26.4 Å². The van der Waals surface area contributed by atoms with E-state index >= 15 is 0 Å². The maximum atomic E-state index is 11.8. The van der Waals surface area contributed by atoms with Crippen molar-refractivity contribution in [1.82, 2.24) is 20.3 Å². The van der Waals surface area contributed by atoms with Crippen LogP contribution in [-0.2, 0) is 4.74 Å². The monoisotopic (exact) mass is 430 g/mol. The van der Waals surface area contributed by atoms with Gasteiger partial charge in [0.2, 0.25) is 0 Å². The summed E-state index contributed by atoms with van der Waals surface area (Å²) in [4.78, 5) is 24.2. The van der Waals surface area contributed by atoms with Gasteiger partial charge in [-0.05, 0) is 44.5 Å². The minimum atomic E-state index is -0.543. The molecule has 4 rings (SSSR count). The number of pyridine rings is 2. The van der Waals surface area contributed by atoms with Crippen molar-refractivity contribution in [2.75, 3.05) is 13.2 Å². The SMILES string of the molecule is CC(C)(C)OC(=O)NCCOc1cnccc1-c1[nH]c2cccnc2c1-c1ccccc1. The van der Waals surface area contributed by atoms with Gasteiger partial charge < -0.3 is 19.8 Å². The highest BCUT2D eigenvalue weighted by molar-refractivity contribution is 6.02. The van der Waals surface area contributed by atoms with Crippen LogP contribution in [0.3, 0.4) is 0 Å². The van der Waals surface area contributed by atoms with Crippen LogP contribution in [0.4, 0.5) is 4.79 Å². The number of aromatic nitrogens is 3. The van der Waals surface area contributed by atoms with Crippen molar-refractivity contribution in [1.29, 1.82) is 0 Å². The number of fused-ring (bicyclic) bond motifs is 1. The van der Waals surface area contributed by atoms with Gasteiger partial charge >= 0.3 is 6.09 Å². The van der Waals surface area contributed by atoms with Crippen molar-refractivity contribution in [2.24, 2.45) is 0 Å². The number of carbonyl (C=O) groups excluding carboxylic acids is 1. The number of nitrogens with zero attached hydrogens (tertiary/aromatic N) is 2. The zero-order valence-corrected chi connectivity index (χ0v) is 18.4. The molecule has 164 valence electrons. The summed E-state index contributed by atoms with van der Waals surface area (Å²) >= 11 is 0. The summed E-state index contributed by atoms with van der Waals surface area (Å²) in [6.45, 7) is 6.06. The average molecular weight is 431 g/mol. The fraction of sp³-hybridized carbons (Fsp3) is 0.240. The van der Waals surface area contributed by atoms with Crippen LogP contribution in [0, 0.1) is 0 Å². The van der Waals surface area contributed by atoms with Crippen LogP contribution in [0.2, 0.25) is 0 Å². The van der Waals surface area contributed by atoms with Crippen LogP contribution >= 0.6 is 0 Å². The van der Waals surface area contributed by atoms with Gasteiger partial charge in [0, 0.05) is 23.5 Å². The predicted molar refractivity (Wildman–Crippen MR) is 124 cm³/mol. The van der Waals surface area contributed by atoms with Crippen LogP contribution in [0.1, 0.15) is 20.8 Å². The largest absolute Gasteiger partial charge is 0.489 e. The Morgan fingerprint density at radius 1 is 1.06 bits per heavy atom. The first kappa shape index (κ1) is 21.4. The summed E-state index contributed by atoms with van der Waals surface area (Å²) < 4.78 is 11.2. The molecule has 0 fully saturated rings. The number of rotatable bonds is 6. The Balaban J connectivity index is 1.60. The maximum absolute atomic E-state index is 11.8. The van der Waals surface area contributed by atoms with E-state index in [1.54, 1.807) is 18.6 Å². The van der Waals surface area contributed by atoms with Crippen molar-refractivity contribution in [3.05, 3.63) is 67.1 Å². The second kappa shape index (κ2) is 9.09. The number of aromatic amines is 1. The van der Waals surface area contributed by atoms with Crippen LogP contribution in [0.25, 0.3) is 33.4 Å². The maximum Gasteiger partial charge on any atom is 0.407 e. The van der Waals surface area contributed by atoms with Gasteiger partial charge in [-0.25, -0.2) is 4.79 Å². The summed E-state index contributed by atoms with van der Waals surface area (Å²) in [5, 5.41) is 2.70. The normalized spacial score (nSPS) is 11.3. The molecule has 0 spiro atoms. The fourth-order valence-electron chi connectivity index (χ4n) is 3.44. The number of hydrogen-bond donors (Lipinski definition) is 2. The minimum Gasteiger partial charge on any atom is -0.489 e. The quantitative estimate of drug-likeness (QED) is 0.411. The summed E-state index contributed by atoms with van der Waals surface area (Å²) in [7, 11) is 0. The Bertz CT molecular complexity index is 1210. The molecule has 4 aromatic rings. The number of nitrogens with one attached hydrogen (secondary N) is 2. The predicted octanol–water partition coefficient (Wildman–Crippen LogP) is 5.20. The van der Waals surface area contributed by atoms with E-state index in [9.17, 15) is 4.79 Å². The Labute approximate surface area is 186 Å². The average Bonchev–Trinajstić information content (AvgIpc) is 3.16. The second-order valence-corrected chi connectivity index (χ2v) is 8.29. The molecule has 0 aliphatic rings. The molecule has 0 bridgehead atoms. The second-order valence-electron chi connectivity index (χ2n) is 8.29. The van der Waals surface area contributed by atoms with Gasteiger partial charge in [0.15, 0.2) is 0 Å². The summed E-state index contributed by atoms with van der Waals surface area (Å²) in [6.07, 6.45) is 4.73. The number of alkyl carbamates (subject to hydrolysis) is 1. The molecular formula is C25H26N4O3. The molecule has 1 aromatic carbocycles. The first-order chi connectivity index (χ1) is 15.4. The Hall–Kier alpha value is -3.87. The first-order valence-electron chi connectivity index (χ1n) is 10.5. The molecular weight excluding hydrogens is 404 g/mol. The zero-order chi connectivity index (χ0) is 22.6. The van der Waals surface area contributed by atoms with Crippen LogP contribution in [-0.4, -0.2) is 39.8 Å². The third-order valence-electron chi connectivity index (χ3n) is 4.70. The van der Waals surface area contributed by atoms with E-state index in [4.69, 9.17) is 9.47 Å². The van der Waals surface area contributed by atoms with E-state index in [2.05, 4.69) is 32.4 Å². The molecule has 0 radical (unpaired) electrons. The molecule has 0 saturated heterocycles. The molecule has 0 aliphatic carbocycles. The van der Waals surface area contributed by atoms with Gasteiger partial charge in [0.05, 0.1) is 29.5 Å². The summed E-state index contributed by atoms with van der Waals surface area (Å²) in [6, 6.07) is 16.0. The first-order valence-corrected chi connectivity index (χ1v) is 10.5. The lowest BCUT2D eigenvalue weighted by Gasteiger charge is -2.19.